The minimum absolute atomic E-state index is 0.0879. The minimum atomic E-state index is -1.45. The maximum Gasteiger partial charge on any atom is 0.286 e. The first-order valence-corrected chi connectivity index (χ1v) is 12.7. The number of benzene rings is 1. The van der Waals surface area contributed by atoms with Crippen LogP contribution in [0.1, 0.15) is 37.6 Å². The summed E-state index contributed by atoms with van der Waals surface area (Å²) in [6, 6.07) is 2.12. The van der Waals surface area contributed by atoms with Gasteiger partial charge in [0.1, 0.15) is 5.56 Å². The summed E-state index contributed by atoms with van der Waals surface area (Å²) in [5.41, 5.74) is -0.760. The molecule has 168 valence electrons. The van der Waals surface area contributed by atoms with Crippen LogP contribution in [-0.4, -0.2) is 68.9 Å². The number of likely N-dealkylation sites (tertiary alicyclic amines) is 1. The number of hydrogen-bond donors (Lipinski definition) is 1. The molecule has 1 N–H and O–H groups in total. The molecule has 1 heterocycles. The second kappa shape index (κ2) is 9.32. The molecule has 1 aliphatic rings. The zero-order chi connectivity index (χ0) is 22.8. The summed E-state index contributed by atoms with van der Waals surface area (Å²) in [6.07, 6.45) is -0.666. The van der Waals surface area contributed by atoms with E-state index in [4.69, 9.17) is 13.9 Å². The van der Waals surface area contributed by atoms with E-state index >= 15 is 0 Å². The highest BCUT2D eigenvalue weighted by Gasteiger charge is 2.45. The van der Waals surface area contributed by atoms with Gasteiger partial charge in [-0.1, -0.05) is 20.8 Å². The fraction of sp³-hybridized carbons (Fsp3) is 0.650. The van der Waals surface area contributed by atoms with Crippen LogP contribution >= 0.6 is 0 Å². The van der Waals surface area contributed by atoms with Gasteiger partial charge in [0.05, 0.1) is 43.5 Å². The van der Waals surface area contributed by atoms with E-state index in [1.807, 2.05) is 20.8 Å². The second-order valence-electron chi connectivity index (χ2n) is 8.87. The van der Waals surface area contributed by atoms with Crippen LogP contribution in [-0.2, 0) is 4.43 Å². The van der Waals surface area contributed by atoms with Gasteiger partial charge in [-0.25, -0.2) is 0 Å². The van der Waals surface area contributed by atoms with Gasteiger partial charge in [0.2, 0.25) is 0 Å². The van der Waals surface area contributed by atoms with E-state index in [2.05, 4.69) is 13.1 Å². The molecule has 1 aromatic carbocycles. The Labute approximate surface area is 178 Å². The monoisotopic (exact) mass is 440 g/mol. The zero-order valence-corrected chi connectivity index (χ0v) is 19.8. The smallest absolute Gasteiger partial charge is 0.286 e. The molecule has 1 aliphatic heterocycles. The maximum absolute atomic E-state index is 13.5. The van der Waals surface area contributed by atoms with Crippen LogP contribution in [0, 0.1) is 15.5 Å². The number of nitro benzene ring substituents is 1. The van der Waals surface area contributed by atoms with Crippen molar-refractivity contribution in [3.8, 4) is 11.5 Å². The summed E-state index contributed by atoms with van der Waals surface area (Å²) < 4.78 is 16.7. The largest absolute Gasteiger partial charge is 0.493 e. The zero-order valence-electron chi connectivity index (χ0n) is 18.7. The third-order valence-electron chi connectivity index (χ3n) is 5.13. The number of rotatable bonds is 7. The molecule has 0 saturated carbocycles. The number of aliphatic hydroxyl groups is 1. The van der Waals surface area contributed by atoms with Gasteiger partial charge >= 0.3 is 0 Å². The summed E-state index contributed by atoms with van der Waals surface area (Å²) in [7, 11) is 1.32. The number of aliphatic hydroxyl groups excluding tert-OH is 1. The Morgan fingerprint density at radius 1 is 1.27 bits per heavy atom. The van der Waals surface area contributed by atoms with Crippen molar-refractivity contribution < 1.29 is 28.7 Å². The third-order valence-corrected chi connectivity index (χ3v) is 5.97. The summed E-state index contributed by atoms with van der Waals surface area (Å²) >= 11 is 0. The number of carbonyl (C=O) groups is 1. The molecule has 9 nitrogen and oxygen atoms in total. The molecule has 1 fully saturated rings. The number of amides is 1. The van der Waals surface area contributed by atoms with Crippen molar-refractivity contribution in [3.63, 3.8) is 0 Å². The molecule has 2 rings (SSSR count). The topological polar surface area (TPSA) is 111 Å². The van der Waals surface area contributed by atoms with Gasteiger partial charge in [-0.3, -0.25) is 14.9 Å². The maximum atomic E-state index is 13.5. The molecule has 0 spiro atoms. The number of ether oxygens (including phenoxy) is 2. The minimum Gasteiger partial charge on any atom is -0.493 e. The molecular formula is C20H32N2O7Si. The van der Waals surface area contributed by atoms with Crippen LogP contribution in [0.25, 0.3) is 0 Å². The third kappa shape index (κ3) is 5.11. The SMILES string of the molecule is COc1cc(C(=O)N2C[C@H](O)C[C@H]2C(O[SiH](C)C)C(C)(C)C)c([N+](=O)[O-])cc1OC. The van der Waals surface area contributed by atoms with Gasteiger partial charge in [0.15, 0.2) is 20.5 Å². The molecule has 3 atom stereocenters. The first kappa shape index (κ1) is 24.1. The predicted molar refractivity (Wildman–Crippen MR) is 115 cm³/mol. The molecule has 1 aromatic rings. The Bertz CT molecular complexity index is 794. The molecule has 0 aliphatic carbocycles. The summed E-state index contributed by atoms with van der Waals surface area (Å²) in [5.74, 6) is -0.145. The van der Waals surface area contributed by atoms with Crippen molar-refractivity contribution in [2.24, 2.45) is 5.41 Å². The molecule has 10 heteroatoms. The fourth-order valence-corrected chi connectivity index (χ4v) is 5.05. The molecule has 30 heavy (non-hydrogen) atoms. The van der Waals surface area contributed by atoms with Crippen LogP contribution in [0.2, 0.25) is 13.1 Å². The van der Waals surface area contributed by atoms with E-state index < -0.39 is 32.0 Å². The van der Waals surface area contributed by atoms with Gasteiger partial charge < -0.3 is 23.9 Å². The van der Waals surface area contributed by atoms with Crippen LogP contribution in [0.5, 0.6) is 11.5 Å². The first-order chi connectivity index (χ1) is 13.9. The lowest BCUT2D eigenvalue weighted by atomic mass is 9.83. The predicted octanol–water partition coefficient (Wildman–Crippen LogP) is 2.60. The highest BCUT2D eigenvalue weighted by molar-refractivity contribution is 6.48. The van der Waals surface area contributed by atoms with Crippen molar-refractivity contribution in [1.82, 2.24) is 4.90 Å². The molecule has 0 bridgehead atoms. The van der Waals surface area contributed by atoms with Crippen molar-refractivity contribution >= 4 is 20.6 Å². The molecule has 1 saturated heterocycles. The van der Waals surface area contributed by atoms with Crippen LogP contribution in [0.15, 0.2) is 12.1 Å². The lowest BCUT2D eigenvalue weighted by Gasteiger charge is -2.40. The molecule has 1 amide bonds. The van der Waals surface area contributed by atoms with Gasteiger partial charge in [-0.2, -0.15) is 0 Å². The van der Waals surface area contributed by atoms with E-state index in [-0.39, 0.29) is 40.8 Å². The summed E-state index contributed by atoms with van der Waals surface area (Å²) in [4.78, 5) is 26.0. The summed E-state index contributed by atoms with van der Waals surface area (Å²) in [5, 5.41) is 22.0. The highest BCUT2D eigenvalue weighted by atomic mass is 28.3. The normalized spacial score (nSPS) is 20.4. The Morgan fingerprint density at radius 2 is 1.83 bits per heavy atom. The number of methoxy groups -OCH3 is 2. The average molecular weight is 441 g/mol. The fourth-order valence-electron chi connectivity index (χ4n) is 3.87. The van der Waals surface area contributed by atoms with E-state index in [1.165, 1.54) is 31.3 Å². The lowest BCUT2D eigenvalue weighted by molar-refractivity contribution is -0.385. The molecule has 0 radical (unpaired) electrons. The lowest BCUT2D eigenvalue weighted by Crippen LogP contribution is -2.50. The summed E-state index contributed by atoms with van der Waals surface area (Å²) in [6.45, 7) is 10.3. The number of carbonyl (C=O) groups excluding carboxylic acids is 1. The van der Waals surface area contributed by atoms with Crippen LogP contribution in [0.3, 0.4) is 0 Å². The molecular weight excluding hydrogens is 408 g/mol. The van der Waals surface area contributed by atoms with E-state index in [0.717, 1.165) is 0 Å². The molecule has 1 unspecified atom stereocenters. The van der Waals surface area contributed by atoms with Gasteiger partial charge in [0.25, 0.3) is 11.6 Å². The Kier molecular flexibility index (Phi) is 7.48. The molecule has 0 aromatic heterocycles. The second-order valence-corrected chi connectivity index (χ2v) is 11.2. The van der Waals surface area contributed by atoms with Gasteiger partial charge in [0, 0.05) is 12.6 Å². The van der Waals surface area contributed by atoms with Crippen LogP contribution < -0.4 is 9.47 Å². The Morgan fingerprint density at radius 3 is 2.30 bits per heavy atom. The van der Waals surface area contributed by atoms with Crippen molar-refractivity contribution in [2.75, 3.05) is 20.8 Å². The quantitative estimate of drug-likeness (QED) is 0.394. The van der Waals surface area contributed by atoms with E-state index in [1.54, 1.807) is 0 Å². The number of β-amino-alcohol motifs (C(OH)–C–C–N with tert-alkyl or cyclic N) is 1. The van der Waals surface area contributed by atoms with Crippen molar-refractivity contribution in [1.29, 1.82) is 0 Å². The first-order valence-electron chi connectivity index (χ1n) is 9.95. The van der Waals surface area contributed by atoms with E-state index in [0.29, 0.717) is 6.42 Å². The van der Waals surface area contributed by atoms with Gasteiger partial charge in [-0.05, 0) is 24.9 Å². The van der Waals surface area contributed by atoms with Crippen LogP contribution in [0.4, 0.5) is 5.69 Å². The standard InChI is InChI=1S/C20H32N2O7Si/c1-20(2,3)18(29-30(6)7)15-8-12(23)11-21(15)19(24)13-9-16(27-4)17(28-5)10-14(13)22(25)26/h9-10,12,15,18,23,30H,8,11H2,1-7H3/t12-,15+,18?/m1/s1. The Hall–Kier alpha value is -2.17. The Balaban J connectivity index is 2.53. The average Bonchev–Trinajstić information content (AvgIpc) is 3.04. The van der Waals surface area contributed by atoms with Gasteiger partial charge in [-0.15, -0.1) is 0 Å². The number of nitrogens with zero attached hydrogens (tertiary/aromatic N) is 2. The number of nitro groups is 1. The highest BCUT2D eigenvalue weighted by Crippen LogP contribution is 2.38. The van der Waals surface area contributed by atoms with Crippen molar-refractivity contribution in [3.05, 3.63) is 27.8 Å². The number of hydrogen-bond acceptors (Lipinski definition) is 7. The van der Waals surface area contributed by atoms with Crippen molar-refractivity contribution in [2.45, 2.75) is 58.5 Å². The van der Waals surface area contributed by atoms with E-state index in [9.17, 15) is 20.0 Å².